The molecule has 1 aliphatic heterocycles. The van der Waals surface area contributed by atoms with Gasteiger partial charge in [0.15, 0.2) is 0 Å². The van der Waals surface area contributed by atoms with E-state index in [4.69, 9.17) is 22.1 Å². The number of β-lactam (4-membered cyclic amide) rings is 1. The Kier molecular flexibility index (Phi) is 11.2. The maximum atomic E-state index is 12.4. The third-order valence-electron chi connectivity index (χ3n) is 4.46. The van der Waals surface area contributed by atoms with Gasteiger partial charge in [0.1, 0.15) is 5.70 Å². The van der Waals surface area contributed by atoms with Crippen molar-refractivity contribution in [1.82, 2.24) is 4.90 Å². The van der Waals surface area contributed by atoms with Crippen molar-refractivity contribution in [3.8, 4) is 0 Å². The number of ether oxygens (including phenoxy) is 2. The van der Waals surface area contributed by atoms with Crippen molar-refractivity contribution < 1.29 is 50.0 Å². The molecule has 2 atom stereocenters. The van der Waals surface area contributed by atoms with Crippen LogP contribution in [0.3, 0.4) is 0 Å². The monoisotopic (exact) mass is 647 g/mol. The summed E-state index contributed by atoms with van der Waals surface area (Å²) in [6.07, 6.45) is 0.498. The predicted molar refractivity (Wildman–Crippen MR) is 122 cm³/mol. The molecule has 2 rings (SSSR count). The van der Waals surface area contributed by atoms with Gasteiger partial charge in [0.05, 0.1) is 5.41 Å². The van der Waals surface area contributed by atoms with Gasteiger partial charge in [-0.1, -0.05) is 10.9 Å². The van der Waals surface area contributed by atoms with Gasteiger partial charge in [-0.3, -0.25) is 9.59 Å². The quantitative estimate of drug-likeness (QED) is 0.0897. The number of carbonyl (C=O) groups excluding carboxylic acids is 3. The van der Waals surface area contributed by atoms with Crippen LogP contribution in [0.25, 0.3) is 0 Å². The van der Waals surface area contributed by atoms with Crippen molar-refractivity contribution in [2.75, 3.05) is 6.79 Å². The first-order valence-corrected chi connectivity index (χ1v) is 13.5. The molecule has 0 saturated carbocycles. The van der Waals surface area contributed by atoms with Gasteiger partial charge in [-0.25, -0.2) is 4.79 Å². The molecule has 170 valence electrons. The van der Waals surface area contributed by atoms with Crippen LogP contribution in [0.15, 0.2) is 53.8 Å². The van der Waals surface area contributed by atoms with Gasteiger partial charge >= 0.3 is 71.5 Å². The Hall–Kier alpha value is -1.60. The molecule has 0 aromatic heterocycles. The van der Waals surface area contributed by atoms with Crippen molar-refractivity contribution in [2.24, 2.45) is 11.3 Å². The van der Waals surface area contributed by atoms with Crippen LogP contribution >= 0.6 is 0 Å². The zero-order valence-corrected chi connectivity index (χ0v) is 26.1. The van der Waals surface area contributed by atoms with Crippen molar-refractivity contribution in [2.45, 2.75) is 53.3 Å². The second-order valence-electron chi connectivity index (χ2n) is 8.93. The van der Waals surface area contributed by atoms with Gasteiger partial charge < -0.3 is 27.0 Å². The molecule has 0 aliphatic carbocycles. The van der Waals surface area contributed by atoms with E-state index in [1.54, 1.807) is 34.6 Å². The average Bonchev–Trinajstić information content (AvgIpc) is 2.69. The Labute approximate surface area is 212 Å². The van der Waals surface area contributed by atoms with Gasteiger partial charge in [-0.05, 0) is 53.5 Å². The molecular formula is C24H31HgNO5S. The number of esters is 2. The van der Waals surface area contributed by atoms with Gasteiger partial charge in [-0.15, -0.1) is 6.58 Å². The molecule has 0 unspecified atom stereocenters. The van der Waals surface area contributed by atoms with Gasteiger partial charge in [0.25, 0.3) is 0 Å². The Balaban J connectivity index is 0.000000616. The summed E-state index contributed by atoms with van der Waals surface area (Å²) in [5.41, 5.74) is 0.878. The van der Waals surface area contributed by atoms with E-state index >= 15 is 0 Å². The van der Waals surface area contributed by atoms with Crippen LogP contribution in [0.4, 0.5) is 0 Å². The maximum absolute atomic E-state index is 12.4. The Morgan fingerprint density at radius 1 is 1.12 bits per heavy atom. The van der Waals surface area contributed by atoms with E-state index in [1.165, 1.54) is 7.97 Å². The molecule has 1 aliphatic rings. The number of likely N-dealkylation sites (tertiary alicyclic amines) is 1. The summed E-state index contributed by atoms with van der Waals surface area (Å²) in [4.78, 5) is 37.7. The number of amides is 1. The molecule has 1 saturated heterocycles. The average molecular weight is 646 g/mol. The van der Waals surface area contributed by atoms with Crippen LogP contribution in [0.1, 0.15) is 48.0 Å². The van der Waals surface area contributed by atoms with Crippen LogP contribution in [-0.2, 0) is 62.6 Å². The molecule has 0 bridgehead atoms. The minimum atomic E-state index is -0.737. The van der Waals surface area contributed by atoms with Crippen LogP contribution in [-0.4, -0.2) is 34.9 Å². The molecule has 0 N–H and O–H groups in total. The van der Waals surface area contributed by atoms with Gasteiger partial charge in [-0.2, -0.15) is 0 Å². The fourth-order valence-corrected chi connectivity index (χ4v) is 4.25. The normalized spacial score (nSPS) is 17.4. The Morgan fingerprint density at radius 2 is 1.69 bits per heavy atom. The number of allylic oxidation sites excluding steroid dienone is 2. The van der Waals surface area contributed by atoms with E-state index in [0.717, 1.165) is 31.7 Å². The van der Waals surface area contributed by atoms with E-state index in [9.17, 15) is 14.4 Å². The van der Waals surface area contributed by atoms with E-state index in [0.29, 0.717) is 12.0 Å². The SMILES string of the molecule is C=C(C)C[C@H]1C(=O)N(C(C(=O)OCOC(=O)C(C)(C)C)=C(C)C)[C@@H]1[S-].[Hg+][c]1ccccc1. The van der Waals surface area contributed by atoms with Crippen molar-refractivity contribution in [1.29, 1.82) is 0 Å². The third kappa shape index (κ3) is 8.39. The number of carbonyl (C=O) groups is 3. The molecule has 1 heterocycles. The first-order valence-electron chi connectivity index (χ1n) is 10.3. The molecule has 32 heavy (non-hydrogen) atoms. The summed E-state index contributed by atoms with van der Waals surface area (Å²) in [5, 5.41) is -0.529. The fourth-order valence-electron chi connectivity index (χ4n) is 2.77. The molecule has 8 heteroatoms. The number of nitrogens with zero attached hydrogens (tertiary/aromatic N) is 1. The number of rotatable bonds is 6. The van der Waals surface area contributed by atoms with E-state index < -0.39 is 29.5 Å². The van der Waals surface area contributed by atoms with Crippen molar-refractivity contribution in [3.05, 3.63) is 53.8 Å². The number of hydrogen-bond donors (Lipinski definition) is 0. The molecular weight excluding hydrogens is 615 g/mol. The molecule has 0 spiro atoms. The predicted octanol–water partition coefficient (Wildman–Crippen LogP) is 3.53. The first kappa shape index (κ1) is 28.4. The van der Waals surface area contributed by atoms with E-state index in [1.807, 2.05) is 6.92 Å². The second-order valence-corrected chi connectivity index (χ2v) is 12.6. The number of hydrogen-bond acceptors (Lipinski definition) is 6. The van der Waals surface area contributed by atoms with Crippen LogP contribution in [0.5, 0.6) is 0 Å². The van der Waals surface area contributed by atoms with Gasteiger partial charge in [0.2, 0.25) is 12.7 Å². The summed E-state index contributed by atoms with van der Waals surface area (Å²) >= 11 is 6.17. The second kappa shape index (κ2) is 12.6. The van der Waals surface area contributed by atoms with Crippen molar-refractivity contribution >= 4 is 33.5 Å². The zero-order chi connectivity index (χ0) is 24.6. The molecule has 1 aromatic rings. The fraction of sp³-hybridized carbons (Fsp3) is 0.458. The molecule has 0 radical (unpaired) electrons. The zero-order valence-electron chi connectivity index (χ0n) is 19.8. The molecule has 1 fully saturated rings. The topological polar surface area (TPSA) is 72.9 Å². The molecule has 1 aromatic carbocycles. The van der Waals surface area contributed by atoms with Crippen LogP contribution < -0.4 is 3.07 Å². The summed E-state index contributed by atoms with van der Waals surface area (Å²) in [6, 6.07) is 10.6. The molecule has 6 nitrogen and oxygen atoms in total. The minimum absolute atomic E-state index is 0.106. The van der Waals surface area contributed by atoms with Gasteiger partial charge in [0, 0.05) is 5.92 Å². The van der Waals surface area contributed by atoms with Crippen molar-refractivity contribution in [3.63, 3.8) is 0 Å². The summed E-state index contributed by atoms with van der Waals surface area (Å²) in [5.74, 6) is -1.79. The standard InChI is InChI=1S/C18H27NO5S.C6H5.Hg/c1-10(2)8-12-14(20)19(15(12)25)13(11(3)4)16(21)23-9-24-17(22)18(5,6)7;1-2-4-6-5-3-1;/h12,15,25H,1,8-9H2,2-7H3;1-5H;/q;;+1/p-1/t12-,15+;;/m0../s1. The number of benzene rings is 1. The third-order valence-corrected chi connectivity index (χ3v) is 6.84. The van der Waals surface area contributed by atoms with E-state index in [2.05, 4.69) is 36.9 Å². The Morgan fingerprint density at radius 3 is 2.06 bits per heavy atom. The van der Waals surface area contributed by atoms with Crippen LogP contribution in [0, 0.1) is 11.3 Å². The van der Waals surface area contributed by atoms with E-state index in [-0.39, 0.29) is 17.5 Å². The molecule has 1 amide bonds. The Bertz CT molecular complexity index is 872. The summed E-state index contributed by atoms with van der Waals surface area (Å²) in [6.45, 7) is 13.6. The summed E-state index contributed by atoms with van der Waals surface area (Å²) < 4.78 is 11.4. The first-order chi connectivity index (χ1) is 14.8. The van der Waals surface area contributed by atoms with Crippen LogP contribution in [0.2, 0.25) is 0 Å². The summed E-state index contributed by atoms with van der Waals surface area (Å²) in [7, 11) is 0.